The van der Waals surface area contributed by atoms with Crippen molar-refractivity contribution in [2.24, 2.45) is 0 Å². The summed E-state index contributed by atoms with van der Waals surface area (Å²) >= 11 is 2.69. The average Bonchev–Trinajstić information content (AvgIpc) is 3.15. The Balaban J connectivity index is 0.00000300. The molecule has 0 saturated carbocycles. The lowest BCUT2D eigenvalue weighted by Gasteiger charge is -2.21. The highest BCUT2D eigenvalue weighted by Crippen LogP contribution is 2.32. The number of likely N-dealkylation sites (N-methyl/N-ethyl adjacent to an activating group) is 1. The summed E-state index contributed by atoms with van der Waals surface area (Å²) in [6.07, 6.45) is 1.18. The van der Waals surface area contributed by atoms with Crippen molar-refractivity contribution in [1.29, 1.82) is 0 Å². The predicted octanol–water partition coefficient (Wildman–Crippen LogP) is 3.40. The lowest BCUT2D eigenvalue weighted by molar-refractivity contribution is 0.0988. The fourth-order valence-electron chi connectivity index (χ4n) is 2.68. The highest BCUT2D eigenvalue weighted by Gasteiger charge is 2.25. The Kier molecular flexibility index (Phi) is 7.39. The number of amides is 1. The van der Waals surface area contributed by atoms with Gasteiger partial charge in [0.15, 0.2) is 15.0 Å². The average molecular weight is 475 g/mol. The number of aromatic nitrogens is 2. The van der Waals surface area contributed by atoms with Crippen LogP contribution in [0.25, 0.3) is 10.2 Å². The van der Waals surface area contributed by atoms with Crippen LogP contribution in [0.3, 0.4) is 0 Å². The van der Waals surface area contributed by atoms with Gasteiger partial charge in [0.2, 0.25) is 0 Å². The first-order valence-corrected chi connectivity index (χ1v) is 12.1. The first kappa shape index (κ1) is 23.7. The third-order valence-electron chi connectivity index (χ3n) is 4.12. The molecule has 3 rings (SSSR count). The van der Waals surface area contributed by atoms with Gasteiger partial charge in [-0.05, 0) is 46.1 Å². The summed E-state index contributed by atoms with van der Waals surface area (Å²) in [5.41, 5.74) is 1.38. The van der Waals surface area contributed by atoms with Crippen molar-refractivity contribution in [3.8, 4) is 0 Å². The highest BCUT2D eigenvalue weighted by atomic mass is 35.5. The summed E-state index contributed by atoms with van der Waals surface area (Å²) < 4.78 is 24.4. The van der Waals surface area contributed by atoms with E-state index < -0.39 is 9.84 Å². The molecule has 0 fully saturated rings. The molecule has 158 valence electrons. The van der Waals surface area contributed by atoms with E-state index in [9.17, 15) is 13.2 Å². The number of aryl methyl sites for hydroxylation is 2. The number of fused-ring (bicyclic) bond motifs is 1. The van der Waals surface area contributed by atoms with Crippen LogP contribution in [-0.4, -0.2) is 62.6 Å². The minimum atomic E-state index is -3.30. The molecule has 1 aromatic carbocycles. The summed E-state index contributed by atoms with van der Waals surface area (Å²) in [7, 11) is 0.588. The molecule has 0 saturated heterocycles. The topological polar surface area (TPSA) is 83.5 Å². The Hall–Kier alpha value is -1.59. The third kappa shape index (κ3) is 5.32. The lowest BCUT2D eigenvalue weighted by Crippen LogP contribution is -2.36. The molecule has 29 heavy (non-hydrogen) atoms. The Morgan fingerprint density at radius 1 is 1.10 bits per heavy atom. The zero-order valence-electron chi connectivity index (χ0n) is 16.8. The van der Waals surface area contributed by atoms with Crippen molar-refractivity contribution >= 4 is 66.2 Å². The second kappa shape index (κ2) is 9.05. The van der Waals surface area contributed by atoms with Crippen LogP contribution in [-0.2, 0) is 9.84 Å². The van der Waals surface area contributed by atoms with Crippen LogP contribution in [0.1, 0.15) is 20.4 Å². The summed E-state index contributed by atoms with van der Waals surface area (Å²) in [4.78, 5) is 26.7. The molecule has 3 aromatic rings. The maximum atomic E-state index is 13.2. The molecule has 0 N–H and O–H groups in total. The Bertz CT molecular complexity index is 1140. The molecular weight excluding hydrogens is 452 g/mol. The van der Waals surface area contributed by atoms with E-state index in [-0.39, 0.29) is 23.2 Å². The Morgan fingerprint density at radius 3 is 2.34 bits per heavy atom. The van der Waals surface area contributed by atoms with Gasteiger partial charge in [-0.15, -0.1) is 23.7 Å². The minimum Gasteiger partial charge on any atom is -0.308 e. The number of anilines is 1. The normalized spacial score (nSPS) is 11.7. The zero-order chi connectivity index (χ0) is 20.6. The first-order chi connectivity index (χ1) is 13.1. The van der Waals surface area contributed by atoms with Gasteiger partial charge in [0.05, 0.1) is 25.8 Å². The molecule has 1 amide bonds. The van der Waals surface area contributed by atoms with E-state index in [1.54, 1.807) is 23.1 Å². The molecular formula is C18H23ClN4O3S3. The molecule has 2 aromatic heterocycles. The van der Waals surface area contributed by atoms with E-state index in [4.69, 9.17) is 0 Å². The Morgan fingerprint density at radius 2 is 1.79 bits per heavy atom. The number of hydrogen-bond acceptors (Lipinski definition) is 8. The van der Waals surface area contributed by atoms with Crippen molar-refractivity contribution in [3.63, 3.8) is 0 Å². The van der Waals surface area contributed by atoms with Gasteiger partial charge in [0.25, 0.3) is 5.91 Å². The molecule has 0 aliphatic heterocycles. The van der Waals surface area contributed by atoms with Gasteiger partial charge in [-0.2, -0.15) is 0 Å². The standard InChI is InChI=1S/C18H22N4O3S3.ClH/c1-11-16(26-12(2)19-11)17(23)22(9-8-21(3)4)18-20-14-7-6-13(28(5,24)25)10-15(14)27-18;/h6-7,10H,8-9H2,1-5H3;1H. The molecule has 0 spiro atoms. The van der Waals surface area contributed by atoms with Crippen molar-refractivity contribution in [2.45, 2.75) is 18.7 Å². The minimum absolute atomic E-state index is 0. The third-order valence-corrected chi connectivity index (χ3v) is 7.33. The van der Waals surface area contributed by atoms with Gasteiger partial charge < -0.3 is 4.90 Å². The quantitative estimate of drug-likeness (QED) is 0.544. The molecule has 7 nitrogen and oxygen atoms in total. The number of thiazole rings is 2. The fourth-order valence-corrected chi connectivity index (χ4v) is 5.30. The van der Waals surface area contributed by atoms with E-state index in [0.29, 0.717) is 34.3 Å². The van der Waals surface area contributed by atoms with Crippen LogP contribution < -0.4 is 4.90 Å². The molecule has 0 radical (unpaired) electrons. The fraction of sp³-hybridized carbons (Fsp3) is 0.389. The Labute approximate surface area is 184 Å². The van der Waals surface area contributed by atoms with Crippen molar-refractivity contribution in [3.05, 3.63) is 33.8 Å². The largest absolute Gasteiger partial charge is 0.308 e. The van der Waals surface area contributed by atoms with E-state index in [2.05, 4.69) is 9.97 Å². The van der Waals surface area contributed by atoms with Crippen LogP contribution in [0.5, 0.6) is 0 Å². The van der Waals surface area contributed by atoms with Crippen molar-refractivity contribution in [1.82, 2.24) is 14.9 Å². The van der Waals surface area contributed by atoms with Crippen LogP contribution in [0, 0.1) is 13.8 Å². The molecule has 0 bridgehead atoms. The summed E-state index contributed by atoms with van der Waals surface area (Å²) in [5.74, 6) is -0.132. The van der Waals surface area contributed by atoms with E-state index in [0.717, 1.165) is 9.71 Å². The van der Waals surface area contributed by atoms with Gasteiger partial charge >= 0.3 is 0 Å². The lowest BCUT2D eigenvalue weighted by atomic mass is 10.3. The maximum Gasteiger partial charge on any atom is 0.272 e. The van der Waals surface area contributed by atoms with Gasteiger partial charge in [0, 0.05) is 19.3 Å². The highest BCUT2D eigenvalue weighted by molar-refractivity contribution is 7.90. The number of carbonyl (C=O) groups is 1. The van der Waals surface area contributed by atoms with Crippen LogP contribution in [0.4, 0.5) is 5.13 Å². The van der Waals surface area contributed by atoms with Crippen LogP contribution >= 0.6 is 35.1 Å². The molecule has 0 aliphatic carbocycles. The summed E-state index contributed by atoms with van der Waals surface area (Å²) in [6.45, 7) is 4.86. The number of halogens is 1. The zero-order valence-corrected chi connectivity index (χ0v) is 20.1. The van der Waals surface area contributed by atoms with Gasteiger partial charge in [-0.3, -0.25) is 9.69 Å². The van der Waals surface area contributed by atoms with Crippen molar-refractivity contribution in [2.75, 3.05) is 38.3 Å². The molecule has 11 heteroatoms. The SMILES string of the molecule is Cc1nc(C)c(C(=O)N(CCN(C)C)c2nc3ccc(S(C)(=O)=O)cc3s2)s1.Cl. The first-order valence-electron chi connectivity index (χ1n) is 8.57. The number of carbonyl (C=O) groups excluding carboxylic acids is 1. The van der Waals surface area contributed by atoms with Gasteiger partial charge in [-0.1, -0.05) is 11.3 Å². The number of sulfone groups is 1. The molecule has 2 heterocycles. The number of hydrogen-bond donors (Lipinski definition) is 0. The molecule has 0 atom stereocenters. The molecule has 0 unspecified atom stereocenters. The second-order valence-electron chi connectivity index (χ2n) is 6.81. The predicted molar refractivity (Wildman–Crippen MR) is 122 cm³/mol. The van der Waals surface area contributed by atoms with Crippen LogP contribution in [0.2, 0.25) is 0 Å². The monoisotopic (exact) mass is 474 g/mol. The van der Waals surface area contributed by atoms with Gasteiger partial charge in [0.1, 0.15) is 4.88 Å². The van der Waals surface area contributed by atoms with E-state index >= 15 is 0 Å². The summed E-state index contributed by atoms with van der Waals surface area (Å²) in [6, 6.07) is 4.84. The smallest absolute Gasteiger partial charge is 0.272 e. The molecule has 0 aliphatic rings. The van der Waals surface area contributed by atoms with E-state index in [1.807, 2.05) is 32.8 Å². The summed E-state index contributed by atoms with van der Waals surface area (Å²) in [5, 5.41) is 1.40. The second-order valence-corrected chi connectivity index (χ2v) is 11.0. The number of nitrogens with zero attached hydrogens (tertiary/aromatic N) is 4. The van der Waals surface area contributed by atoms with Crippen LogP contribution in [0.15, 0.2) is 23.1 Å². The van der Waals surface area contributed by atoms with E-state index in [1.165, 1.54) is 28.9 Å². The van der Waals surface area contributed by atoms with Crippen molar-refractivity contribution < 1.29 is 13.2 Å². The van der Waals surface area contributed by atoms with Gasteiger partial charge in [-0.25, -0.2) is 18.4 Å². The number of rotatable bonds is 6. The maximum absolute atomic E-state index is 13.2. The number of benzene rings is 1.